The molecule has 0 fully saturated rings. The van der Waals surface area contributed by atoms with Crippen LogP contribution in [0.5, 0.6) is 5.75 Å². The number of hydrogen-bond donors (Lipinski definition) is 0. The first kappa shape index (κ1) is 21.0. The van der Waals surface area contributed by atoms with Gasteiger partial charge in [0, 0.05) is 0 Å². The van der Waals surface area contributed by atoms with Crippen molar-refractivity contribution in [3.05, 3.63) is 100 Å². The summed E-state index contributed by atoms with van der Waals surface area (Å²) < 4.78 is 49.1. The van der Waals surface area contributed by atoms with Crippen molar-refractivity contribution in [1.82, 2.24) is 0 Å². The van der Waals surface area contributed by atoms with E-state index in [2.05, 4.69) is 0 Å². The zero-order valence-electron chi connectivity index (χ0n) is 17.9. The Labute approximate surface area is 180 Å². The summed E-state index contributed by atoms with van der Waals surface area (Å²) in [5.74, 6) is -0.170. The maximum absolute atomic E-state index is 15.0. The van der Waals surface area contributed by atoms with E-state index >= 15 is 0 Å². The molecule has 0 heterocycles. The summed E-state index contributed by atoms with van der Waals surface area (Å²) in [5, 5.41) is 1.62. The Morgan fingerprint density at radius 3 is 1.90 bits per heavy atom. The van der Waals surface area contributed by atoms with Gasteiger partial charge in [-0.25, -0.2) is 4.39 Å². The topological polar surface area (TPSA) is 9.23 Å². The van der Waals surface area contributed by atoms with E-state index in [-0.39, 0.29) is 17.1 Å². The molecule has 1 nitrogen and oxygen atoms in total. The molecule has 0 aliphatic rings. The second-order valence-electron chi connectivity index (χ2n) is 8.08. The number of hydrogen-bond acceptors (Lipinski definition) is 1. The summed E-state index contributed by atoms with van der Waals surface area (Å²) in [7, 11) is 0. The highest BCUT2D eigenvalue weighted by atomic mass is 19.3. The maximum Gasteiger partial charge on any atom is 0.427 e. The summed E-state index contributed by atoms with van der Waals surface area (Å²) in [6.45, 7) is 6.94. The lowest BCUT2D eigenvalue weighted by atomic mass is 9.99. The predicted octanol–water partition coefficient (Wildman–Crippen LogP) is 8.01. The molecule has 31 heavy (non-hydrogen) atoms. The first-order chi connectivity index (χ1) is 14.6. The Kier molecular flexibility index (Phi) is 5.26. The maximum atomic E-state index is 15.0. The molecular formula is C27H23F3O. The van der Waals surface area contributed by atoms with Crippen LogP contribution in [0.1, 0.15) is 27.8 Å². The predicted molar refractivity (Wildman–Crippen MR) is 119 cm³/mol. The van der Waals surface area contributed by atoms with E-state index in [0.29, 0.717) is 16.7 Å². The van der Waals surface area contributed by atoms with Gasteiger partial charge in [0.15, 0.2) is 0 Å². The summed E-state index contributed by atoms with van der Waals surface area (Å²) in [4.78, 5) is 0. The zero-order valence-corrected chi connectivity index (χ0v) is 17.9. The second-order valence-corrected chi connectivity index (χ2v) is 8.08. The molecule has 0 atom stereocenters. The van der Waals surface area contributed by atoms with Crippen molar-refractivity contribution >= 4 is 10.8 Å². The minimum absolute atomic E-state index is 0.0889. The molecule has 4 aromatic carbocycles. The third kappa shape index (κ3) is 4.15. The van der Waals surface area contributed by atoms with Gasteiger partial charge >= 0.3 is 6.11 Å². The molecule has 0 aliphatic carbocycles. The van der Waals surface area contributed by atoms with Crippen LogP contribution in [0.4, 0.5) is 13.2 Å². The van der Waals surface area contributed by atoms with E-state index in [1.54, 1.807) is 51.1 Å². The van der Waals surface area contributed by atoms with Crippen LogP contribution in [-0.2, 0) is 6.11 Å². The molecule has 0 saturated carbocycles. The zero-order chi connectivity index (χ0) is 22.3. The number of aryl methyl sites for hydroxylation is 4. The third-order valence-electron chi connectivity index (χ3n) is 5.53. The van der Waals surface area contributed by atoms with E-state index in [1.165, 1.54) is 12.1 Å². The first-order valence-electron chi connectivity index (χ1n) is 10.1. The molecule has 0 radical (unpaired) electrons. The van der Waals surface area contributed by atoms with E-state index in [9.17, 15) is 13.2 Å². The van der Waals surface area contributed by atoms with Crippen LogP contribution in [0.15, 0.2) is 66.7 Å². The van der Waals surface area contributed by atoms with Crippen LogP contribution in [0.2, 0.25) is 0 Å². The van der Waals surface area contributed by atoms with Crippen molar-refractivity contribution in [2.75, 3.05) is 0 Å². The fourth-order valence-corrected chi connectivity index (χ4v) is 4.08. The molecule has 4 heteroatoms. The number of benzene rings is 4. The Bertz CT molecular complexity index is 1270. The van der Waals surface area contributed by atoms with Gasteiger partial charge in [0.1, 0.15) is 11.6 Å². The summed E-state index contributed by atoms with van der Waals surface area (Å²) in [6, 6.07) is 19.0. The SMILES string of the molecule is Cc1cc(C)c(C(F)(F)Oc2ccc3cc(-c4ccc(C)c(F)c4)ccc3c2)c(C)c1. The van der Waals surface area contributed by atoms with Crippen LogP contribution in [0.25, 0.3) is 21.9 Å². The molecule has 0 spiro atoms. The number of halogens is 3. The highest BCUT2D eigenvalue weighted by Gasteiger charge is 2.37. The van der Waals surface area contributed by atoms with Crippen LogP contribution in [0.3, 0.4) is 0 Å². The van der Waals surface area contributed by atoms with Crippen molar-refractivity contribution < 1.29 is 17.9 Å². The molecular weight excluding hydrogens is 397 g/mol. The van der Waals surface area contributed by atoms with E-state index in [4.69, 9.17) is 4.74 Å². The van der Waals surface area contributed by atoms with Gasteiger partial charge in [-0.05, 0) is 90.6 Å². The lowest BCUT2D eigenvalue weighted by Gasteiger charge is -2.22. The van der Waals surface area contributed by atoms with Crippen molar-refractivity contribution in [3.63, 3.8) is 0 Å². The second kappa shape index (κ2) is 7.77. The van der Waals surface area contributed by atoms with E-state index in [0.717, 1.165) is 27.5 Å². The summed E-state index contributed by atoms with van der Waals surface area (Å²) in [6.07, 6.45) is -3.45. The monoisotopic (exact) mass is 420 g/mol. The normalized spacial score (nSPS) is 11.7. The molecule has 0 N–H and O–H groups in total. The van der Waals surface area contributed by atoms with Gasteiger partial charge < -0.3 is 4.74 Å². The highest BCUT2D eigenvalue weighted by molar-refractivity contribution is 5.88. The van der Waals surface area contributed by atoms with Crippen LogP contribution >= 0.6 is 0 Å². The lowest BCUT2D eigenvalue weighted by molar-refractivity contribution is -0.186. The van der Waals surface area contributed by atoms with Crippen LogP contribution in [0, 0.1) is 33.5 Å². The molecule has 0 amide bonds. The molecule has 158 valence electrons. The highest BCUT2D eigenvalue weighted by Crippen LogP contribution is 2.37. The number of ether oxygens (including phenoxy) is 1. The quantitative estimate of drug-likeness (QED) is 0.325. The smallest absolute Gasteiger partial charge is 0.427 e. The van der Waals surface area contributed by atoms with E-state index in [1.807, 2.05) is 31.2 Å². The average molecular weight is 420 g/mol. The van der Waals surface area contributed by atoms with Crippen LogP contribution < -0.4 is 4.74 Å². The van der Waals surface area contributed by atoms with Crippen molar-refractivity contribution in [2.45, 2.75) is 33.8 Å². The lowest BCUT2D eigenvalue weighted by Crippen LogP contribution is -2.24. The van der Waals surface area contributed by atoms with Gasteiger partial charge in [-0.3, -0.25) is 0 Å². The van der Waals surface area contributed by atoms with Crippen molar-refractivity contribution in [2.24, 2.45) is 0 Å². The van der Waals surface area contributed by atoms with E-state index < -0.39 is 6.11 Å². The minimum Gasteiger partial charge on any atom is -0.429 e. The van der Waals surface area contributed by atoms with Gasteiger partial charge in [0.05, 0.1) is 5.56 Å². The van der Waals surface area contributed by atoms with Gasteiger partial charge in [0.25, 0.3) is 0 Å². The summed E-state index contributed by atoms with van der Waals surface area (Å²) in [5.41, 5.74) is 4.04. The molecule has 4 aromatic rings. The molecule has 0 bridgehead atoms. The largest absolute Gasteiger partial charge is 0.429 e. The van der Waals surface area contributed by atoms with Crippen molar-refractivity contribution in [3.8, 4) is 16.9 Å². The van der Waals surface area contributed by atoms with Gasteiger partial charge in [0.2, 0.25) is 0 Å². The minimum atomic E-state index is -3.45. The fourth-order valence-electron chi connectivity index (χ4n) is 4.08. The molecule has 0 unspecified atom stereocenters. The van der Waals surface area contributed by atoms with Crippen LogP contribution in [-0.4, -0.2) is 0 Å². The van der Waals surface area contributed by atoms with Gasteiger partial charge in [-0.1, -0.05) is 48.0 Å². The molecule has 0 saturated heterocycles. The van der Waals surface area contributed by atoms with Gasteiger partial charge in [-0.15, -0.1) is 0 Å². The first-order valence-corrected chi connectivity index (χ1v) is 10.1. The fraction of sp³-hybridized carbons (Fsp3) is 0.185. The molecule has 4 rings (SSSR count). The molecule has 0 aliphatic heterocycles. The number of fused-ring (bicyclic) bond motifs is 1. The third-order valence-corrected chi connectivity index (χ3v) is 5.53. The Balaban J connectivity index is 1.66. The Morgan fingerprint density at radius 2 is 1.23 bits per heavy atom. The summed E-state index contributed by atoms with van der Waals surface area (Å²) >= 11 is 0. The van der Waals surface area contributed by atoms with Crippen molar-refractivity contribution in [1.29, 1.82) is 0 Å². The number of alkyl halides is 2. The molecule has 0 aromatic heterocycles. The Morgan fingerprint density at radius 1 is 0.645 bits per heavy atom. The Hall–Kier alpha value is -3.27. The number of rotatable bonds is 4. The van der Waals surface area contributed by atoms with Gasteiger partial charge in [-0.2, -0.15) is 8.78 Å². The standard InChI is InChI=1S/C27H23F3O/c1-16-11-18(3)26(19(4)12-16)27(29,30)31-24-10-9-21-13-20(7-8-22(21)14-24)23-6-5-17(2)25(28)15-23/h5-15H,1-4H3. The average Bonchev–Trinajstić information content (AvgIpc) is 2.68.